The monoisotopic (exact) mass is 676 g/mol. The molecule has 11 heteroatoms. The van der Waals surface area contributed by atoms with Crippen LogP contribution >= 0.6 is 11.6 Å². The smallest absolute Gasteiger partial charge is 0.255 e. The van der Waals surface area contributed by atoms with E-state index in [0.29, 0.717) is 29.3 Å². The summed E-state index contributed by atoms with van der Waals surface area (Å²) in [6, 6.07) is 9.98. The van der Waals surface area contributed by atoms with Crippen molar-refractivity contribution < 1.29 is 43.8 Å². The van der Waals surface area contributed by atoms with Crippen LogP contribution in [0.3, 0.4) is 0 Å². The first-order valence-electron chi connectivity index (χ1n) is 10.8. The first kappa shape index (κ1) is 28.1. The number of hydrogen-bond acceptors (Lipinski definition) is 5. The Morgan fingerprint density at radius 2 is 1.76 bits per heavy atom. The van der Waals surface area contributed by atoms with Crippen molar-refractivity contribution in [3.63, 3.8) is 0 Å². The fraction of sp³-hybridized carbons (Fsp3) is 0.391. The Kier molecular flexibility index (Phi) is 10.9. The zero-order chi connectivity index (χ0) is 23.8. The van der Waals surface area contributed by atoms with Crippen LogP contribution < -0.4 is 14.8 Å². The van der Waals surface area contributed by atoms with E-state index in [1.807, 2.05) is 4.72 Å². The summed E-state index contributed by atoms with van der Waals surface area (Å²) in [7, 11) is -2.52. The molecule has 0 aliphatic heterocycles. The molecule has 0 spiro atoms. The van der Waals surface area contributed by atoms with Crippen molar-refractivity contribution in [2.24, 2.45) is 0 Å². The van der Waals surface area contributed by atoms with Crippen LogP contribution in [0.2, 0.25) is 5.02 Å². The summed E-state index contributed by atoms with van der Waals surface area (Å²) in [5.41, 5.74) is 1.16. The predicted octanol–water partition coefficient (Wildman–Crippen LogP) is 4.42. The maximum Gasteiger partial charge on any atom is 0.255 e. The quantitative estimate of drug-likeness (QED) is 0.430. The van der Waals surface area contributed by atoms with E-state index in [4.69, 9.17) is 16.3 Å². The molecule has 0 aromatic heterocycles. The van der Waals surface area contributed by atoms with Gasteiger partial charge in [-0.2, -0.15) is 0 Å². The average molecular weight is 677 g/mol. The van der Waals surface area contributed by atoms with Gasteiger partial charge in [-0.05, 0) is 48.4 Å². The first-order valence-corrected chi connectivity index (χ1v) is 12.6. The van der Waals surface area contributed by atoms with Crippen LogP contribution in [0.1, 0.15) is 48.0 Å². The molecule has 2 N–H and O–H groups in total. The van der Waals surface area contributed by atoms with E-state index in [0.717, 1.165) is 37.7 Å². The van der Waals surface area contributed by atoms with Crippen LogP contribution in [-0.2, 0) is 37.5 Å². The molecule has 0 radical (unpaired) electrons. The molecular formula is C23H27ClN3O5SW-. The molecule has 1 fully saturated rings. The van der Waals surface area contributed by atoms with Gasteiger partial charge in [0.2, 0.25) is 10.0 Å². The van der Waals surface area contributed by atoms with E-state index < -0.39 is 16.1 Å². The third-order valence-corrected chi connectivity index (χ3v) is 7.01. The Morgan fingerprint density at radius 3 is 2.41 bits per heavy atom. The topological polar surface area (TPSA) is 116 Å². The second-order valence-electron chi connectivity index (χ2n) is 7.83. The number of ether oxygens (including phenoxy) is 1. The van der Waals surface area contributed by atoms with E-state index in [9.17, 15) is 18.0 Å². The van der Waals surface area contributed by atoms with Crippen LogP contribution in [0, 0.1) is 0 Å². The standard InChI is InChI=1S/C23H28ClN3O5S.W/c1-32-21-12-9-17(24)15-20(21)22(28)25-14-13-16-7-10-19(11-8-16)33(30,31)27-23(29)26-18-5-3-2-4-6-18;/h7-12,15,18H,2-6,13-14H2,1H3,(H3,25,26,27,28,29);/p-1. The Hall–Kier alpha value is -2.09. The van der Waals surface area contributed by atoms with Crippen molar-refractivity contribution >= 4 is 33.6 Å². The zero-order valence-corrected chi connectivity index (χ0v) is 23.3. The number of hydrogen-bond donors (Lipinski definition) is 2. The molecular weight excluding hydrogens is 650 g/mol. The number of nitrogens with one attached hydrogen (secondary N) is 2. The molecule has 0 bridgehead atoms. The van der Waals surface area contributed by atoms with Crippen LogP contribution in [0.25, 0.3) is 5.32 Å². The third-order valence-electron chi connectivity index (χ3n) is 5.44. The molecule has 0 atom stereocenters. The van der Waals surface area contributed by atoms with Crippen molar-refractivity contribution in [1.29, 1.82) is 0 Å². The largest absolute Gasteiger partial charge is 0.496 e. The Morgan fingerprint density at radius 1 is 1.09 bits per heavy atom. The van der Waals surface area contributed by atoms with Crippen molar-refractivity contribution in [2.75, 3.05) is 13.7 Å². The second-order valence-corrected chi connectivity index (χ2v) is 9.94. The maximum atomic E-state index is 12.5. The van der Waals surface area contributed by atoms with Gasteiger partial charge in [-0.3, -0.25) is 9.59 Å². The van der Waals surface area contributed by atoms with Crippen molar-refractivity contribution in [3.8, 4) is 5.75 Å². The van der Waals surface area contributed by atoms with E-state index in [-0.39, 0.29) is 37.9 Å². The molecule has 0 unspecified atom stereocenters. The van der Waals surface area contributed by atoms with Gasteiger partial charge in [0, 0.05) is 32.6 Å². The Balaban J connectivity index is 0.00000408. The van der Waals surface area contributed by atoms with Gasteiger partial charge >= 0.3 is 0 Å². The fourth-order valence-corrected chi connectivity index (χ4v) is 4.75. The minimum Gasteiger partial charge on any atom is -0.496 e. The van der Waals surface area contributed by atoms with Gasteiger partial charge in [0.15, 0.2) is 6.03 Å². The van der Waals surface area contributed by atoms with Crippen LogP contribution in [0.15, 0.2) is 47.4 Å². The van der Waals surface area contributed by atoms with Crippen molar-refractivity contribution in [1.82, 2.24) is 10.0 Å². The van der Waals surface area contributed by atoms with Crippen LogP contribution in [-0.4, -0.2) is 40.1 Å². The normalized spacial score (nSPS) is 13.9. The number of carbonyl (C=O) groups is 2. The number of benzene rings is 2. The van der Waals surface area contributed by atoms with E-state index in [1.54, 1.807) is 24.3 Å². The molecule has 34 heavy (non-hydrogen) atoms. The van der Waals surface area contributed by atoms with E-state index in [2.05, 4.69) is 10.6 Å². The minimum absolute atomic E-state index is 0. The zero-order valence-electron chi connectivity index (χ0n) is 18.8. The van der Waals surface area contributed by atoms with Crippen molar-refractivity contribution in [2.45, 2.75) is 49.5 Å². The minimum atomic E-state index is -4.00. The molecule has 8 nitrogen and oxygen atoms in total. The van der Waals surface area contributed by atoms with Gasteiger partial charge in [-0.25, -0.2) is 8.42 Å². The number of carbonyl (C=O) groups excluding carboxylic acids is 2. The number of methoxy groups -OCH3 is 1. The fourth-order valence-electron chi connectivity index (χ4n) is 3.68. The number of amides is 3. The van der Waals surface area contributed by atoms with Gasteiger partial charge in [-0.15, -0.1) is 0 Å². The summed E-state index contributed by atoms with van der Waals surface area (Å²) in [4.78, 5) is 24.4. The van der Waals surface area contributed by atoms with Crippen molar-refractivity contribution in [3.05, 3.63) is 63.9 Å². The molecule has 3 amide bonds. The SMILES string of the molecule is COc1ccc(Cl)cc1C(=O)NCCc1ccc(S(=O)(=O)NC(=O)[N-]C2CCCCC2)cc1.[W]. The predicted molar refractivity (Wildman–Crippen MR) is 126 cm³/mol. The molecule has 1 aliphatic carbocycles. The molecule has 0 saturated heterocycles. The molecule has 1 aliphatic rings. The maximum absolute atomic E-state index is 12.5. The van der Waals surface area contributed by atoms with Gasteiger partial charge in [0.25, 0.3) is 5.91 Å². The summed E-state index contributed by atoms with van der Waals surface area (Å²) in [6.45, 7) is 0.331. The number of nitrogens with zero attached hydrogens (tertiary/aromatic N) is 1. The van der Waals surface area contributed by atoms with E-state index in [1.165, 1.54) is 25.3 Å². The van der Waals surface area contributed by atoms with Crippen LogP contribution in [0.5, 0.6) is 5.75 Å². The molecule has 0 heterocycles. The Bertz CT molecular complexity index is 1090. The van der Waals surface area contributed by atoms with Crippen LogP contribution in [0.4, 0.5) is 4.79 Å². The summed E-state index contributed by atoms with van der Waals surface area (Å²) in [6.07, 6.45) is 5.23. The Labute approximate surface area is 219 Å². The second kappa shape index (κ2) is 13.1. The molecule has 184 valence electrons. The number of rotatable bonds is 8. The summed E-state index contributed by atoms with van der Waals surface area (Å²) < 4.78 is 32.2. The first-order chi connectivity index (χ1) is 15.8. The summed E-state index contributed by atoms with van der Waals surface area (Å²) in [5.74, 6) is 0.0988. The number of sulfonamides is 1. The molecule has 2 aromatic carbocycles. The summed E-state index contributed by atoms with van der Waals surface area (Å²) in [5, 5.41) is 7.20. The number of urea groups is 1. The molecule has 3 rings (SSSR count). The third kappa shape index (κ3) is 8.00. The van der Waals surface area contributed by atoms with Gasteiger partial charge in [-0.1, -0.05) is 55.8 Å². The van der Waals surface area contributed by atoms with Gasteiger partial charge in [0.1, 0.15) is 5.75 Å². The average Bonchev–Trinajstić information content (AvgIpc) is 2.79. The molecule has 2 aromatic rings. The van der Waals surface area contributed by atoms with Gasteiger partial charge < -0.3 is 20.1 Å². The number of halogens is 1. The molecule has 1 saturated carbocycles. The van der Waals surface area contributed by atoms with Gasteiger partial charge in [0.05, 0.1) is 17.6 Å². The van der Waals surface area contributed by atoms with E-state index >= 15 is 0 Å². The summed E-state index contributed by atoms with van der Waals surface area (Å²) >= 11 is 5.96.